The second kappa shape index (κ2) is 11.6. The Balaban J connectivity index is 1.58. The van der Waals surface area contributed by atoms with Crippen molar-refractivity contribution < 1.29 is 9.59 Å². The van der Waals surface area contributed by atoms with Crippen molar-refractivity contribution >= 4 is 23.4 Å². The molecule has 0 saturated carbocycles. The van der Waals surface area contributed by atoms with E-state index in [1.807, 2.05) is 100 Å². The molecule has 0 unspecified atom stereocenters. The largest absolute Gasteiger partial charge is 0.322 e. The number of hydrogen-bond donors (Lipinski definition) is 2. The van der Waals surface area contributed by atoms with Crippen LogP contribution < -0.4 is 10.6 Å². The minimum atomic E-state index is -0.310. The number of carbonyl (C=O) groups is 2. The Hall–Kier alpha value is -4.39. The van der Waals surface area contributed by atoms with Crippen LogP contribution in [0.4, 0.5) is 16.3 Å². The predicted molar refractivity (Wildman–Crippen MR) is 149 cm³/mol. The van der Waals surface area contributed by atoms with Crippen molar-refractivity contribution in [2.75, 3.05) is 23.7 Å². The number of urea groups is 1. The lowest BCUT2D eigenvalue weighted by atomic mass is 10.1. The van der Waals surface area contributed by atoms with Crippen LogP contribution in [0, 0.1) is 20.8 Å². The summed E-state index contributed by atoms with van der Waals surface area (Å²) >= 11 is 0. The Morgan fingerprint density at radius 2 is 1.62 bits per heavy atom. The van der Waals surface area contributed by atoms with Gasteiger partial charge in [-0.3, -0.25) is 4.79 Å². The molecule has 0 bridgehead atoms. The van der Waals surface area contributed by atoms with Crippen LogP contribution in [-0.4, -0.2) is 39.7 Å². The molecular formula is C30H33N5O2. The molecule has 0 saturated heterocycles. The summed E-state index contributed by atoms with van der Waals surface area (Å²) < 4.78 is 1.76. The number of aromatic nitrogens is 2. The van der Waals surface area contributed by atoms with Crippen LogP contribution >= 0.6 is 0 Å². The molecule has 0 spiro atoms. The molecule has 0 aliphatic carbocycles. The quantitative estimate of drug-likeness (QED) is 0.299. The number of carbonyl (C=O) groups excluding carboxylic acids is 2. The second-order valence-electron chi connectivity index (χ2n) is 9.25. The molecule has 0 atom stereocenters. The first kappa shape index (κ1) is 25.7. The van der Waals surface area contributed by atoms with E-state index in [2.05, 4.69) is 16.7 Å². The lowest BCUT2D eigenvalue weighted by Gasteiger charge is -2.22. The molecule has 190 valence electrons. The molecule has 4 aromatic rings. The number of hydrogen-bond acceptors (Lipinski definition) is 3. The van der Waals surface area contributed by atoms with Gasteiger partial charge in [-0.2, -0.15) is 5.10 Å². The summed E-state index contributed by atoms with van der Waals surface area (Å²) in [5.74, 6) is 0.254. The van der Waals surface area contributed by atoms with E-state index in [4.69, 9.17) is 5.10 Å². The molecule has 37 heavy (non-hydrogen) atoms. The van der Waals surface area contributed by atoms with E-state index in [0.29, 0.717) is 18.1 Å². The van der Waals surface area contributed by atoms with Crippen molar-refractivity contribution in [3.05, 3.63) is 95.6 Å². The smallest absolute Gasteiger partial charge is 0.315 e. The summed E-state index contributed by atoms with van der Waals surface area (Å²) in [5.41, 5.74) is 6.52. The van der Waals surface area contributed by atoms with Crippen LogP contribution in [0.2, 0.25) is 0 Å². The van der Waals surface area contributed by atoms with E-state index in [1.54, 1.807) is 4.68 Å². The maximum Gasteiger partial charge on any atom is 0.322 e. The molecule has 3 amide bonds. The number of rotatable bonds is 8. The monoisotopic (exact) mass is 495 g/mol. The Kier molecular flexibility index (Phi) is 8.03. The number of amides is 3. The second-order valence-corrected chi connectivity index (χ2v) is 9.25. The van der Waals surface area contributed by atoms with Gasteiger partial charge in [-0.05, 0) is 56.5 Å². The molecule has 0 aliphatic rings. The van der Waals surface area contributed by atoms with Crippen molar-refractivity contribution in [3.8, 4) is 16.9 Å². The summed E-state index contributed by atoms with van der Waals surface area (Å²) in [7, 11) is 0. The molecule has 0 aliphatic heterocycles. The number of aryl methyl sites for hydroxylation is 3. The zero-order chi connectivity index (χ0) is 26.4. The highest BCUT2D eigenvalue weighted by atomic mass is 16.2. The van der Waals surface area contributed by atoms with Gasteiger partial charge < -0.3 is 15.5 Å². The Labute approximate surface area is 218 Å². The average Bonchev–Trinajstić information content (AvgIpc) is 3.27. The highest BCUT2D eigenvalue weighted by molar-refractivity contribution is 5.97. The van der Waals surface area contributed by atoms with E-state index in [0.717, 1.165) is 40.1 Å². The molecule has 2 N–H and O–H groups in total. The van der Waals surface area contributed by atoms with Crippen LogP contribution in [0.15, 0.2) is 78.9 Å². The molecule has 7 nitrogen and oxygen atoms in total. The third-order valence-electron chi connectivity index (χ3n) is 6.01. The fourth-order valence-corrected chi connectivity index (χ4v) is 4.25. The molecule has 1 heterocycles. The van der Waals surface area contributed by atoms with Gasteiger partial charge >= 0.3 is 6.03 Å². The van der Waals surface area contributed by atoms with Gasteiger partial charge in [0.2, 0.25) is 5.91 Å². The number of nitrogens with one attached hydrogen (secondary N) is 2. The van der Waals surface area contributed by atoms with Crippen molar-refractivity contribution in [1.29, 1.82) is 0 Å². The van der Waals surface area contributed by atoms with Crippen LogP contribution in [0.25, 0.3) is 16.9 Å². The van der Waals surface area contributed by atoms with E-state index in [9.17, 15) is 9.59 Å². The first-order valence-electron chi connectivity index (χ1n) is 12.5. The van der Waals surface area contributed by atoms with Gasteiger partial charge in [0.25, 0.3) is 0 Å². The average molecular weight is 496 g/mol. The first-order valence-corrected chi connectivity index (χ1v) is 12.5. The van der Waals surface area contributed by atoms with Crippen molar-refractivity contribution in [3.63, 3.8) is 0 Å². The maximum atomic E-state index is 13.2. The van der Waals surface area contributed by atoms with Crippen LogP contribution in [0.5, 0.6) is 0 Å². The van der Waals surface area contributed by atoms with Crippen LogP contribution in [0.3, 0.4) is 0 Å². The van der Waals surface area contributed by atoms with E-state index in [1.165, 1.54) is 4.90 Å². The van der Waals surface area contributed by atoms with Crippen molar-refractivity contribution in [2.24, 2.45) is 0 Å². The summed E-state index contributed by atoms with van der Waals surface area (Å²) in [6.07, 6.45) is 0.729. The molecule has 3 aromatic carbocycles. The molecule has 4 rings (SSSR count). The van der Waals surface area contributed by atoms with Crippen molar-refractivity contribution in [1.82, 2.24) is 14.7 Å². The predicted octanol–water partition coefficient (Wildman–Crippen LogP) is 6.35. The minimum absolute atomic E-state index is 0.0791. The summed E-state index contributed by atoms with van der Waals surface area (Å²) in [5, 5.41) is 10.7. The van der Waals surface area contributed by atoms with Gasteiger partial charge in [-0.1, -0.05) is 67.1 Å². The minimum Gasteiger partial charge on any atom is -0.315 e. The van der Waals surface area contributed by atoms with Crippen LogP contribution in [0.1, 0.15) is 30.0 Å². The lowest BCUT2D eigenvalue weighted by molar-refractivity contribution is -0.116. The Morgan fingerprint density at radius 1 is 0.865 bits per heavy atom. The van der Waals surface area contributed by atoms with E-state index < -0.39 is 0 Å². The van der Waals surface area contributed by atoms with Gasteiger partial charge in [0.05, 0.1) is 11.4 Å². The van der Waals surface area contributed by atoms with Gasteiger partial charge in [-0.15, -0.1) is 0 Å². The zero-order valence-corrected chi connectivity index (χ0v) is 21.8. The molecule has 7 heteroatoms. The van der Waals surface area contributed by atoms with E-state index >= 15 is 0 Å². The topological polar surface area (TPSA) is 79.3 Å². The third-order valence-corrected chi connectivity index (χ3v) is 6.01. The molecule has 0 radical (unpaired) electrons. The Morgan fingerprint density at radius 3 is 2.32 bits per heavy atom. The molecular weight excluding hydrogens is 462 g/mol. The van der Waals surface area contributed by atoms with Crippen molar-refractivity contribution in [2.45, 2.75) is 34.1 Å². The summed E-state index contributed by atoms with van der Waals surface area (Å²) in [6, 6.07) is 25.1. The normalized spacial score (nSPS) is 10.7. The lowest BCUT2D eigenvalue weighted by Crippen LogP contribution is -2.41. The fourth-order valence-electron chi connectivity index (χ4n) is 4.25. The number of nitrogens with zero attached hydrogens (tertiary/aromatic N) is 3. The SMILES string of the molecule is CCCN(CC(=O)Nc1cc(-c2ccccc2)nn1-c1ccc(C)cc1C)C(=O)Nc1cccc(C)c1. The fraction of sp³-hybridized carbons (Fsp3) is 0.233. The standard InChI is InChI=1S/C30H33N5O2/c1-5-16-34(30(37)31-25-13-9-10-21(2)18-25)20-29(36)32-28-19-26(24-11-7-6-8-12-24)33-35(28)27-15-14-22(3)17-23(27)4/h6-15,17-19H,5,16,20H2,1-4H3,(H,31,37)(H,32,36). The Bertz CT molecular complexity index is 1390. The highest BCUT2D eigenvalue weighted by Crippen LogP contribution is 2.26. The zero-order valence-electron chi connectivity index (χ0n) is 21.8. The third kappa shape index (κ3) is 6.44. The van der Waals surface area contributed by atoms with Gasteiger partial charge in [-0.25, -0.2) is 9.48 Å². The van der Waals surface area contributed by atoms with Crippen LogP contribution in [-0.2, 0) is 4.79 Å². The molecule has 1 aromatic heterocycles. The van der Waals surface area contributed by atoms with Gasteiger partial charge in [0, 0.05) is 23.9 Å². The number of anilines is 2. The maximum absolute atomic E-state index is 13.2. The van der Waals surface area contributed by atoms with Gasteiger partial charge in [0.1, 0.15) is 12.4 Å². The molecule has 0 fully saturated rings. The summed E-state index contributed by atoms with van der Waals surface area (Å²) in [4.78, 5) is 27.7. The first-order chi connectivity index (χ1) is 17.8. The van der Waals surface area contributed by atoms with Gasteiger partial charge in [0.15, 0.2) is 0 Å². The highest BCUT2D eigenvalue weighted by Gasteiger charge is 2.20. The summed E-state index contributed by atoms with van der Waals surface area (Å²) in [6.45, 7) is 8.39. The van der Waals surface area contributed by atoms with E-state index in [-0.39, 0.29) is 18.5 Å². The number of benzene rings is 3.